The third-order valence-electron chi connectivity index (χ3n) is 3.26. The number of hydrogen-bond donors (Lipinski definition) is 2. The Labute approximate surface area is 128 Å². The van der Waals surface area contributed by atoms with Crippen LogP contribution >= 0.6 is 0 Å². The van der Waals surface area contributed by atoms with Gasteiger partial charge in [-0.2, -0.15) is 0 Å². The SMILES string of the molecule is O=C(O)C1=CC(c2ccccc2)CC(OCCOCCO)O1. The first kappa shape index (κ1) is 16.5. The molecular formula is C16H20O6. The number of hydrogen-bond acceptors (Lipinski definition) is 5. The second kappa shape index (κ2) is 8.53. The molecule has 1 aliphatic rings. The van der Waals surface area contributed by atoms with Crippen molar-refractivity contribution in [2.24, 2.45) is 0 Å². The van der Waals surface area contributed by atoms with Crippen molar-refractivity contribution in [1.82, 2.24) is 0 Å². The van der Waals surface area contributed by atoms with Gasteiger partial charge < -0.3 is 24.4 Å². The molecule has 0 radical (unpaired) electrons. The molecule has 1 aliphatic heterocycles. The van der Waals surface area contributed by atoms with Crippen molar-refractivity contribution in [3.05, 3.63) is 47.7 Å². The first-order valence-corrected chi connectivity index (χ1v) is 7.17. The average molecular weight is 308 g/mol. The smallest absolute Gasteiger partial charge is 0.370 e. The molecule has 0 bridgehead atoms. The Morgan fingerprint density at radius 3 is 2.68 bits per heavy atom. The summed E-state index contributed by atoms with van der Waals surface area (Å²) in [6.45, 7) is 0.811. The van der Waals surface area contributed by atoms with Crippen molar-refractivity contribution in [3.63, 3.8) is 0 Å². The molecule has 1 aromatic rings. The van der Waals surface area contributed by atoms with E-state index in [-0.39, 0.29) is 31.5 Å². The molecule has 120 valence electrons. The van der Waals surface area contributed by atoms with E-state index in [1.54, 1.807) is 6.08 Å². The summed E-state index contributed by atoms with van der Waals surface area (Å²) in [5.74, 6) is -1.27. The van der Waals surface area contributed by atoms with E-state index < -0.39 is 12.3 Å². The Bertz CT molecular complexity index is 499. The van der Waals surface area contributed by atoms with Crippen LogP contribution in [0.2, 0.25) is 0 Å². The fraction of sp³-hybridized carbons (Fsp3) is 0.438. The lowest BCUT2D eigenvalue weighted by atomic mass is 9.93. The van der Waals surface area contributed by atoms with Crippen molar-refractivity contribution in [1.29, 1.82) is 0 Å². The molecule has 0 saturated heterocycles. The lowest BCUT2D eigenvalue weighted by molar-refractivity contribution is -0.160. The molecule has 1 heterocycles. The molecule has 1 aromatic carbocycles. The first-order valence-electron chi connectivity index (χ1n) is 7.17. The van der Waals surface area contributed by atoms with Gasteiger partial charge in [0.15, 0.2) is 0 Å². The van der Waals surface area contributed by atoms with Crippen molar-refractivity contribution >= 4 is 5.97 Å². The van der Waals surface area contributed by atoms with Gasteiger partial charge in [0.05, 0.1) is 26.4 Å². The first-order chi connectivity index (χ1) is 10.7. The maximum Gasteiger partial charge on any atom is 0.370 e. The van der Waals surface area contributed by atoms with E-state index in [4.69, 9.17) is 24.4 Å². The molecule has 6 heteroatoms. The van der Waals surface area contributed by atoms with Crippen molar-refractivity contribution in [2.45, 2.75) is 18.6 Å². The summed E-state index contributed by atoms with van der Waals surface area (Å²) in [4.78, 5) is 11.2. The van der Waals surface area contributed by atoms with E-state index in [0.717, 1.165) is 5.56 Å². The summed E-state index contributed by atoms with van der Waals surface area (Å²) < 4.78 is 16.0. The number of carboxylic acid groups (broad SMARTS) is 1. The predicted octanol–water partition coefficient (Wildman–Crippen LogP) is 1.51. The Balaban J connectivity index is 1.96. The van der Waals surface area contributed by atoms with Gasteiger partial charge in [-0.3, -0.25) is 0 Å². The zero-order valence-electron chi connectivity index (χ0n) is 12.2. The molecule has 2 atom stereocenters. The Morgan fingerprint density at radius 2 is 2.00 bits per heavy atom. The van der Waals surface area contributed by atoms with Crippen LogP contribution in [0, 0.1) is 0 Å². The Hall–Kier alpha value is -1.89. The van der Waals surface area contributed by atoms with E-state index in [0.29, 0.717) is 13.0 Å². The standard InChI is InChI=1S/C16H20O6/c17-6-7-20-8-9-21-15-11-13(10-14(22-15)16(18)19)12-4-2-1-3-5-12/h1-5,10,13,15,17H,6-9,11H2,(H,18,19). The number of carbonyl (C=O) groups is 1. The van der Waals surface area contributed by atoms with E-state index >= 15 is 0 Å². The van der Waals surface area contributed by atoms with Gasteiger partial charge in [-0.25, -0.2) is 4.79 Å². The minimum atomic E-state index is -1.11. The van der Waals surface area contributed by atoms with Crippen LogP contribution in [0.25, 0.3) is 0 Å². The van der Waals surface area contributed by atoms with Crippen LogP contribution in [-0.2, 0) is 19.0 Å². The lowest BCUT2D eigenvalue weighted by Crippen LogP contribution is -2.28. The molecule has 0 aromatic heterocycles. The number of aliphatic hydroxyl groups is 1. The van der Waals surface area contributed by atoms with Gasteiger partial charge in [-0.1, -0.05) is 30.3 Å². The van der Waals surface area contributed by atoms with Gasteiger partial charge in [0.1, 0.15) is 0 Å². The number of aliphatic hydroxyl groups excluding tert-OH is 1. The third kappa shape index (κ3) is 4.84. The minimum absolute atomic E-state index is 0.0398. The highest BCUT2D eigenvalue weighted by Gasteiger charge is 2.28. The summed E-state index contributed by atoms with van der Waals surface area (Å²) in [5.41, 5.74) is 1.02. The molecule has 0 spiro atoms. The fourth-order valence-corrected chi connectivity index (χ4v) is 2.25. The lowest BCUT2D eigenvalue weighted by Gasteiger charge is -2.28. The van der Waals surface area contributed by atoms with Crippen LogP contribution in [0.5, 0.6) is 0 Å². The normalized spacial score (nSPS) is 21.0. The maximum absolute atomic E-state index is 11.2. The Morgan fingerprint density at radius 1 is 1.23 bits per heavy atom. The molecule has 0 amide bonds. The fourth-order valence-electron chi connectivity index (χ4n) is 2.25. The van der Waals surface area contributed by atoms with Gasteiger partial charge >= 0.3 is 5.97 Å². The predicted molar refractivity (Wildman–Crippen MR) is 78.2 cm³/mol. The number of benzene rings is 1. The molecule has 6 nitrogen and oxygen atoms in total. The summed E-state index contributed by atoms with van der Waals surface area (Å²) in [6.07, 6.45) is 1.53. The van der Waals surface area contributed by atoms with Gasteiger partial charge in [-0.05, 0) is 11.6 Å². The maximum atomic E-state index is 11.2. The average Bonchev–Trinajstić information content (AvgIpc) is 2.55. The quantitative estimate of drug-likeness (QED) is 0.708. The van der Waals surface area contributed by atoms with E-state index in [9.17, 15) is 4.79 Å². The van der Waals surface area contributed by atoms with Crippen LogP contribution in [0.3, 0.4) is 0 Å². The molecule has 2 unspecified atom stereocenters. The van der Waals surface area contributed by atoms with Crippen molar-refractivity contribution in [3.8, 4) is 0 Å². The summed E-state index contributed by atoms with van der Waals surface area (Å²) >= 11 is 0. The molecule has 0 aliphatic carbocycles. The zero-order valence-corrected chi connectivity index (χ0v) is 12.2. The van der Waals surface area contributed by atoms with Crippen LogP contribution in [0.1, 0.15) is 17.9 Å². The van der Waals surface area contributed by atoms with Gasteiger partial charge in [-0.15, -0.1) is 0 Å². The molecule has 0 fully saturated rings. The monoisotopic (exact) mass is 308 g/mol. The van der Waals surface area contributed by atoms with E-state index in [2.05, 4.69) is 0 Å². The van der Waals surface area contributed by atoms with Crippen LogP contribution in [-0.4, -0.2) is 48.9 Å². The highest BCUT2D eigenvalue weighted by atomic mass is 16.7. The number of rotatable bonds is 8. The molecule has 22 heavy (non-hydrogen) atoms. The molecule has 0 saturated carbocycles. The van der Waals surface area contributed by atoms with Crippen LogP contribution in [0.4, 0.5) is 0 Å². The second-order valence-corrected chi connectivity index (χ2v) is 4.84. The van der Waals surface area contributed by atoms with Crippen LogP contribution in [0.15, 0.2) is 42.2 Å². The topological polar surface area (TPSA) is 85.2 Å². The molecular weight excluding hydrogens is 288 g/mol. The third-order valence-corrected chi connectivity index (χ3v) is 3.26. The van der Waals surface area contributed by atoms with Crippen LogP contribution < -0.4 is 0 Å². The van der Waals surface area contributed by atoms with Crippen molar-refractivity contribution < 1.29 is 29.2 Å². The van der Waals surface area contributed by atoms with E-state index in [1.165, 1.54) is 0 Å². The number of ether oxygens (including phenoxy) is 3. The molecule has 2 rings (SSSR count). The van der Waals surface area contributed by atoms with Gasteiger partial charge in [0.25, 0.3) is 0 Å². The summed E-state index contributed by atoms with van der Waals surface area (Å²) in [7, 11) is 0. The highest BCUT2D eigenvalue weighted by Crippen LogP contribution is 2.31. The largest absolute Gasteiger partial charge is 0.475 e. The number of carboxylic acids is 1. The summed E-state index contributed by atoms with van der Waals surface area (Å²) in [5, 5.41) is 17.8. The zero-order chi connectivity index (χ0) is 15.8. The number of aliphatic carboxylic acids is 1. The molecule has 2 N–H and O–H groups in total. The second-order valence-electron chi connectivity index (χ2n) is 4.84. The summed E-state index contributed by atoms with van der Waals surface area (Å²) in [6, 6.07) is 9.65. The Kier molecular flexibility index (Phi) is 6.39. The number of allylic oxidation sites excluding steroid dienone is 1. The minimum Gasteiger partial charge on any atom is -0.475 e. The van der Waals surface area contributed by atoms with Gasteiger partial charge in [0.2, 0.25) is 12.0 Å². The van der Waals surface area contributed by atoms with Gasteiger partial charge in [0, 0.05) is 12.3 Å². The van der Waals surface area contributed by atoms with E-state index in [1.807, 2.05) is 30.3 Å². The van der Waals surface area contributed by atoms with Crippen molar-refractivity contribution in [2.75, 3.05) is 26.4 Å². The highest BCUT2D eigenvalue weighted by molar-refractivity contribution is 5.84.